The largest absolute Gasteiger partial charge is 0.387 e. The SMILES string of the molecule is C[C@H](c1ccccc1)N(CC(N)=O)CC(O)c1ccc(F)cc1F. The molecule has 0 saturated heterocycles. The van der Waals surface area contributed by atoms with Gasteiger partial charge in [-0.1, -0.05) is 36.4 Å². The number of primary amides is 1. The summed E-state index contributed by atoms with van der Waals surface area (Å²) in [5.41, 5.74) is 6.20. The van der Waals surface area contributed by atoms with Crippen LogP contribution in [0.15, 0.2) is 48.5 Å². The van der Waals surface area contributed by atoms with Crippen LogP contribution >= 0.6 is 0 Å². The van der Waals surface area contributed by atoms with Crippen molar-refractivity contribution in [3.8, 4) is 0 Å². The molecule has 24 heavy (non-hydrogen) atoms. The van der Waals surface area contributed by atoms with Gasteiger partial charge >= 0.3 is 0 Å². The Morgan fingerprint density at radius 2 is 1.88 bits per heavy atom. The molecule has 0 aliphatic heterocycles. The smallest absolute Gasteiger partial charge is 0.231 e. The molecule has 0 heterocycles. The van der Waals surface area contributed by atoms with E-state index >= 15 is 0 Å². The van der Waals surface area contributed by atoms with Crippen LogP contribution in [0.1, 0.15) is 30.2 Å². The van der Waals surface area contributed by atoms with Gasteiger partial charge in [0.2, 0.25) is 5.91 Å². The molecule has 0 radical (unpaired) electrons. The van der Waals surface area contributed by atoms with Crippen molar-refractivity contribution in [3.63, 3.8) is 0 Å². The maximum absolute atomic E-state index is 13.8. The summed E-state index contributed by atoms with van der Waals surface area (Å²) in [6.07, 6.45) is -1.21. The normalized spacial score (nSPS) is 13.7. The lowest BCUT2D eigenvalue weighted by atomic mass is 10.0. The van der Waals surface area contributed by atoms with Gasteiger partial charge in [-0.15, -0.1) is 0 Å². The second-order valence-corrected chi connectivity index (χ2v) is 5.66. The summed E-state index contributed by atoms with van der Waals surface area (Å²) >= 11 is 0. The van der Waals surface area contributed by atoms with Crippen molar-refractivity contribution in [1.29, 1.82) is 0 Å². The van der Waals surface area contributed by atoms with Crippen molar-refractivity contribution < 1.29 is 18.7 Å². The lowest BCUT2D eigenvalue weighted by Gasteiger charge is -2.30. The lowest BCUT2D eigenvalue weighted by Crippen LogP contribution is -2.38. The van der Waals surface area contributed by atoms with Gasteiger partial charge in [0, 0.05) is 24.2 Å². The first-order valence-electron chi connectivity index (χ1n) is 7.58. The molecule has 1 amide bonds. The van der Waals surface area contributed by atoms with Gasteiger partial charge in [0.25, 0.3) is 0 Å². The molecule has 1 unspecified atom stereocenters. The second kappa shape index (κ2) is 7.99. The Morgan fingerprint density at radius 3 is 2.46 bits per heavy atom. The molecule has 2 rings (SSSR count). The third kappa shape index (κ3) is 4.59. The van der Waals surface area contributed by atoms with Crippen LogP contribution in [0.2, 0.25) is 0 Å². The number of aliphatic hydroxyl groups is 1. The van der Waals surface area contributed by atoms with Crippen LogP contribution in [0.5, 0.6) is 0 Å². The Kier molecular flexibility index (Phi) is 6.00. The van der Waals surface area contributed by atoms with Gasteiger partial charge in [-0.25, -0.2) is 8.78 Å². The number of rotatable bonds is 7. The highest BCUT2D eigenvalue weighted by atomic mass is 19.1. The maximum Gasteiger partial charge on any atom is 0.231 e. The Hall–Kier alpha value is -2.31. The van der Waals surface area contributed by atoms with Gasteiger partial charge in [0.05, 0.1) is 12.6 Å². The number of nitrogens with zero attached hydrogens (tertiary/aromatic N) is 1. The number of benzene rings is 2. The summed E-state index contributed by atoms with van der Waals surface area (Å²) in [5, 5.41) is 10.3. The number of aliphatic hydroxyl groups excluding tert-OH is 1. The average molecular weight is 334 g/mol. The van der Waals surface area contributed by atoms with Crippen LogP contribution in [0.4, 0.5) is 8.78 Å². The van der Waals surface area contributed by atoms with Crippen molar-refractivity contribution in [2.75, 3.05) is 13.1 Å². The van der Waals surface area contributed by atoms with E-state index in [0.717, 1.165) is 17.7 Å². The fraction of sp³-hybridized carbons (Fsp3) is 0.278. The predicted octanol–water partition coefficient (Wildman–Crippen LogP) is 2.55. The first-order chi connectivity index (χ1) is 11.4. The third-order valence-corrected chi connectivity index (χ3v) is 3.92. The van der Waals surface area contributed by atoms with Crippen molar-refractivity contribution in [2.45, 2.75) is 19.1 Å². The highest BCUT2D eigenvalue weighted by Gasteiger charge is 2.23. The maximum atomic E-state index is 13.8. The minimum Gasteiger partial charge on any atom is -0.387 e. The van der Waals surface area contributed by atoms with Crippen LogP contribution < -0.4 is 5.73 Å². The van der Waals surface area contributed by atoms with Gasteiger partial charge in [-0.3, -0.25) is 9.69 Å². The molecular weight excluding hydrogens is 314 g/mol. The van der Waals surface area contributed by atoms with E-state index in [0.29, 0.717) is 0 Å². The Balaban J connectivity index is 2.20. The zero-order chi connectivity index (χ0) is 17.7. The standard InChI is InChI=1S/C18H20F2N2O2/c1-12(13-5-3-2-4-6-13)22(11-18(21)24)10-17(23)15-8-7-14(19)9-16(15)20/h2-9,12,17,23H,10-11H2,1H3,(H2,21,24)/t12-,17?/m1/s1. The molecular formula is C18H20F2N2O2. The Labute approximate surface area is 139 Å². The van der Waals surface area contributed by atoms with Crippen LogP contribution in [-0.4, -0.2) is 29.0 Å². The monoisotopic (exact) mass is 334 g/mol. The fourth-order valence-electron chi connectivity index (χ4n) is 2.59. The predicted molar refractivity (Wildman–Crippen MR) is 86.9 cm³/mol. The van der Waals surface area contributed by atoms with E-state index < -0.39 is 23.6 Å². The van der Waals surface area contributed by atoms with Gasteiger partial charge in [0.1, 0.15) is 11.6 Å². The molecule has 0 aliphatic carbocycles. The highest BCUT2D eigenvalue weighted by molar-refractivity contribution is 5.76. The quantitative estimate of drug-likeness (QED) is 0.818. The van der Waals surface area contributed by atoms with E-state index in [1.807, 2.05) is 37.3 Å². The number of hydrogen-bond acceptors (Lipinski definition) is 3. The number of hydrogen-bond donors (Lipinski definition) is 2. The molecule has 0 spiro atoms. The summed E-state index contributed by atoms with van der Waals surface area (Å²) in [4.78, 5) is 13.0. The van der Waals surface area contributed by atoms with Crippen LogP contribution in [0, 0.1) is 11.6 Å². The molecule has 0 aromatic heterocycles. The van der Waals surface area contributed by atoms with Crippen LogP contribution in [0.3, 0.4) is 0 Å². The van der Waals surface area contributed by atoms with E-state index in [1.165, 1.54) is 6.07 Å². The zero-order valence-corrected chi connectivity index (χ0v) is 13.3. The molecule has 0 saturated carbocycles. The molecule has 2 atom stereocenters. The lowest BCUT2D eigenvalue weighted by molar-refractivity contribution is -0.120. The fourth-order valence-corrected chi connectivity index (χ4v) is 2.59. The van der Waals surface area contributed by atoms with Gasteiger partial charge in [-0.05, 0) is 18.6 Å². The molecule has 0 fully saturated rings. The summed E-state index contributed by atoms with van der Waals surface area (Å²) in [6.45, 7) is 1.77. The molecule has 6 heteroatoms. The second-order valence-electron chi connectivity index (χ2n) is 5.66. The van der Waals surface area contributed by atoms with Crippen molar-refractivity contribution >= 4 is 5.91 Å². The molecule has 128 valence electrons. The number of carbonyl (C=O) groups excluding carboxylic acids is 1. The number of nitrogens with two attached hydrogens (primary N) is 1. The van der Waals surface area contributed by atoms with Crippen molar-refractivity contribution in [3.05, 3.63) is 71.3 Å². The summed E-state index contributed by atoms with van der Waals surface area (Å²) in [5.74, 6) is -2.09. The molecule has 3 N–H and O–H groups in total. The van der Waals surface area contributed by atoms with Crippen LogP contribution in [0.25, 0.3) is 0 Å². The molecule has 0 bridgehead atoms. The summed E-state index contributed by atoms with van der Waals surface area (Å²) in [6, 6.07) is 12.2. The highest BCUT2D eigenvalue weighted by Crippen LogP contribution is 2.25. The van der Waals surface area contributed by atoms with Gasteiger partial charge < -0.3 is 10.8 Å². The minimum absolute atomic E-state index is 0.0123. The van der Waals surface area contributed by atoms with Crippen molar-refractivity contribution in [1.82, 2.24) is 4.90 Å². The van der Waals surface area contributed by atoms with Gasteiger partial charge in [0.15, 0.2) is 0 Å². The number of amides is 1. The zero-order valence-electron chi connectivity index (χ0n) is 13.3. The van der Waals surface area contributed by atoms with E-state index in [4.69, 9.17) is 5.73 Å². The minimum atomic E-state index is -1.21. The van der Waals surface area contributed by atoms with Gasteiger partial charge in [-0.2, -0.15) is 0 Å². The Morgan fingerprint density at radius 1 is 1.21 bits per heavy atom. The number of halogens is 2. The molecule has 2 aromatic rings. The van der Waals surface area contributed by atoms with E-state index in [9.17, 15) is 18.7 Å². The van der Waals surface area contributed by atoms with Crippen LogP contribution in [-0.2, 0) is 4.79 Å². The number of carbonyl (C=O) groups is 1. The first-order valence-corrected chi connectivity index (χ1v) is 7.58. The van der Waals surface area contributed by atoms with E-state index in [2.05, 4.69) is 0 Å². The average Bonchev–Trinajstić information content (AvgIpc) is 2.53. The summed E-state index contributed by atoms with van der Waals surface area (Å²) in [7, 11) is 0. The molecule has 0 aliphatic rings. The molecule has 2 aromatic carbocycles. The first kappa shape index (κ1) is 18.0. The van der Waals surface area contributed by atoms with E-state index in [1.54, 1.807) is 4.90 Å². The molecule has 4 nitrogen and oxygen atoms in total. The van der Waals surface area contributed by atoms with E-state index in [-0.39, 0.29) is 24.7 Å². The van der Waals surface area contributed by atoms with Crippen molar-refractivity contribution in [2.24, 2.45) is 5.73 Å². The summed E-state index contributed by atoms with van der Waals surface area (Å²) < 4.78 is 26.8. The topological polar surface area (TPSA) is 66.6 Å². The third-order valence-electron chi connectivity index (χ3n) is 3.92. The Bertz CT molecular complexity index is 695.